The lowest BCUT2D eigenvalue weighted by Crippen LogP contribution is -2.39. The van der Waals surface area contributed by atoms with Gasteiger partial charge in [0.25, 0.3) is 0 Å². The van der Waals surface area contributed by atoms with Crippen molar-refractivity contribution in [3.63, 3.8) is 0 Å². The summed E-state index contributed by atoms with van der Waals surface area (Å²) in [4.78, 5) is 34.0. The van der Waals surface area contributed by atoms with Crippen LogP contribution in [0.5, 0.6) is 0 Å². The highest BCUT2D eigenvalue weighted by atomic mass is 16.2. The summed E-state index contributed by atoms with van der Waals surface area (Å²) < 4.78 is 0. The summed E-state index contributed by atoms with van der Waals surface area (Å²) in [6, 6.07) is 8.80. The van der Waals surface area contributed by atoms with E-state index in [0.29, 0.717) is 12.0 Å². The predicted octanol–water partition coefficient (Wildman–Crippen LogP) is 2.60. The third kappa shape index (κ3) is 6.14. The lowest BCUT2D eigenvalue weighted by atomic mass is 10.0. The van der Waals surface area contributed by atoms with Crippen molar-refractivity contribution in [1.29, 1.82) is 0 Å². The van der Waals surface area contributed by atoms with Crippen LogP contribution in [0.1, 0.15) is 61.7 Å². The predicted molar refractivity (Wildman–Crippen MR) is 92.6 cm³/mol. The zero-order valence-corrected chi connectivity index (χ0v) is 14.1. The maximum absolute atomic E-state index is 12.1. The molecular formula is C19H26N2O3. The first-order valence-electron chi connectivity index (χ1n) is 8.82. The van der Waals surface area contributed by atoms with Crippen LogP contribution >= 0.6 is 0 Å². The van der Waals surface area contributed by atoms with Crippen LogP contribution in [-0.4, -0.2) is 30.2 Å². The zero-order chi connectivity index (χ0) is 17.2. The number of benzene rings is 1. The molecule has 0 bridgehead atoms. The summed E-state index contributed by atoms with van der Waals surface area (Å²) in [6.07, 6.45) is 7.28. The van der Waals surface area contributed by atoms with E-state index in [1.807, 2.05) is 18.2 Å². The molecule has 1 aromatic carbocycles. The number of ketones is 1. The molecule has 1 atom stereocenters. The van der Waals surface area contributed by atoms with Crippen LogP contribution in [0.4, 0.5) is 0 Å². The molecule has 130 valence electrons. The average Bonchev–Trinajstić information content (AvgIpc) is 2.97. The molecule has 3 rings (SSSR count). The number of carbonyl (C=O) groups excluding carboxylic acids is 3. The zero-order valence-electron chi connectivity index (χ0n) is 14.1. The molecule has 0 aliphatic carbocycles. The second kappa shape index (κ2) is 9.85. The summed E-state index contributed by atoms with van der Waals surface area (Å²) in [5.41, 5.74) is 0.676. The Hall–Kier alpha value is -2.17. The Kier molecular flexibility index (Phi) is 7.46. The lowest BCUT2D eigenvalue weighted by Gasteiger charge is -2.14. The maximum Gasteiger partial charge on any atom is 0.220 e. The number of hydrogen-bond donors (Lipinski definition) is 2. The van der Waals surface area contributed by atoms with Gasteiger partial charge in [0.15, 0.2) is 5.78 Å². The third-order valence-corrected chi connectivity index (χ3v) is 4.26. The van der Waals surface area contributed by atoms with E-state index in [4.69, 9.17) is 0 Å². The molecule has 2 amide bonds. The SMILES string of the molecule is O=C1CCCCC(C(=O)c2ccccc2)N1.O=C1CCCCCN1. The lowest BCUT2D eigenvalue weighted by molar-refractivity contribution is -0.121. The number of hydrogen-bond acceptors (Lipinski definition) is 3. The molecule has 0 saturated carbocycles. The van der Waals surface area contributed by atoms with Crippen molar-refractivity contribution < 1.29 is 14.4 Å². The molecule has 2 aliphatic heterocycles. The smallest absolute Gasteiger partial charge is 0.220 e. The molecule has 0 radical (unpaired) electrons. The third-order valence-electron chi connectivity index (χ3n) is 4.26. The van der Waals surface area contributed by atoms with E-state index in [-0.39, 0.29) is 23.6 Å². The Balaban J connectivity index is 0.000000219. The van der Waals surface area contributed by atoms with Crippen molar-refractivity contribution in [1.82, 2.24) is 10.6 Å². The quantitative estimate of drug-likeness (QED) is 0.819. The molecule has 2 fully saturated rings. The van der Waals surface area contributed by atoms with Crippen LogP contribution in [0, 0.1) is 0 Å². The minimum Gasteiger partial charge on any atom is -0.356 e. The maximum atomic E-state index is 12.1. The summed E-state index contributed by atoms with van der Waals surface area (Å²) in [7, 11) is 0. The number of carbonyl (C=O) groups is 3. The first kappa shape index (κ1) is 18.2. The van der Waals surface area contributed by atoms with Crippen LogP contribution in [0.2, 0.25) is 0 Å². The van der Waals surface area contributed by atoms with Crippen molar-refractivity contribution >= 4 is 17.6 Å². The van der Waals surface area contributed by atoms with Gasteiger partial charge in [-0.25, -0.2) is 0 Å². The van der Waals surface area contributed by atoms with Crippen molar-refractivity contribution in [3.8, 4) is 0 Å². The van der Waals surface area contributed by atoms with Crippen LogP contribution in [0.15, 0.2) is 30.3 Å². The molecule has 5 nitrogen and oxygen atoms in total. The molecule has 2 heterocycles. The first-order chi connectivity index (χ1) is 11.7. The Morgan fingerprint density at radius 2 is 1.58 bits per heavy atom. The van der Waals surface area contributed by atoms with Crippen molar-refractivity contribution in [3.05, 3.63) is 35.9 Å². The first-order valence-corrected chi connectivity index (χ1v) is 8.82. The fourth-order valence-corrected chi connectivity index (χ4v) is 2.88. The molecule has 0 spiro atoms. The molecule has 0 aromatic heterocycles. The Labute approximate surface area is 143 Å². The number of Topliss-reactive ketones (excluding diaryl/α,β-unsaturated/α-hetero) is 1. The molecule has 5 heteroatoms. The standard InChI is InChI=1S/C13H15NO2.C6H11NO/c15-12-9-5-4-8-11(14-12)13(16)10-6-2-1-3-7-10;8-6-4-2-1-3-5-7-6/h1-3,6-7,11H,4-5,8-9H2,(H,14,15);1-5H2,(H,7,8). The minimum absolute atomic E-state index is 0.00761. The Bertz CT molecular complexity index is 547. The molecule has 1 aromatic rings. The van der Waals surface area contributed by atoms with Gasteiger partial charge in [-0.1, -0.05) is 43.2 Å². The average molecular weight is 330 g/mol. The molecule has 2 saturated heterocycles. The normalized spacial score (nSPS) is 21.2. The largest absolute Gasteiger partial charge is 0.356 e. The summed E-state index contributed by atoms with van der Waals surface area (Å²) >= 11 is 0. The van der Waals surface area contributed by atoms with Gasteiger partial charge in [-0.3, -0.25) is 14.4 Å². The van der Waals surface area contributed by atoms with Gasteiger partial charge < -0.3 is 10.6 Å². The van der Waals surface area contributed by atoms with Gasteiger partial charge in [-0.15, -0.1) is 0 Å². The highest BCUT2D eigenvalue weighted by molar-refractivity contribution is 6.02. The van der Waals surface area contributed by atoms with Crippen molar-refractivity contribution in [2.24, 2.45) is 0 Å². The van der Waals surface area contributed by atoms with Crippen LogP contribution in [0.3, 0.4) is 0 Å². The van der Waals surface area contributed by atoms with Crippen molar-refractivity contribution in [2.75, 3.05) is 6.54 Å². The molecule has 1 unspecified atom stereocenters. The molecule has 2 N–H and O–H groups in total. The van der Waals surface area contributed by atoms with Crippen LogP contribution in [0.25, 0.3) is 0 Å². The van der Waals surface area contributed by atoms with Gasteiger partial charge in [-0.05, 0) is 25.7 Å². The fraction of sp³-hybridized carbons (Fsp3) is 0.526. The number of amides is 2. The highest BCUT2D eigenvalue weighted by Gasteiger charge is 2.23. The van der Waals surface area contributed by atoms with E-state index in [9.17, 15) is 14.4 Å². The van der Waals surface area contributed by atoms with Crippen LogP contribution < -0.4 is 10.6 Å². The molecule has 2 aliphatic rings. The summed E-state index contributed by atoms with van der Waals surface area (Å²) in [5.74, 6) is 0.241. The van der Waals surface area contributed by atoms with Gasteiger partial charge >= 0.3 is 0 Å². The van der Waals surface area contributed by atoms with Crippen molar-refractivity contribution in [2.45, 2.75) is 57.4 Å². The Morgan fingerprint density at radius 1 is 0.875 bits per heavy atom. The highest BCUT2D eigenvalue weighted by Crippen LogP contribution is 2.13. The van der Waals surface area contributed by atoms with Gasteiger partial charge in [-0.2, -0.15) is 0 Å². The number of nitrogens with one attached hydrogen (secondary N) is 2. The van der Waals surface area contributed by atoms with Gasteiger partial charge in [0.2, 0.25) is 11.8 Å². The molecule has 24 heavy (non-hydrogen) atoms. The van der Waals surface area contributed by atoms with E-state index in [1.54, 1.807) is 12.1 Å². The van der Waals surface area contributed by atoms with Gasteiger partial charge in [0.05, 0.1) is 6.04 Å². The Morgan fingerprint density at radius 3 is 2.38 bits per heavy atom. The fourth-order valence-electron chi connectivity index (χ4n) is 2.88. The minimum atomic E-state index is -0.336. The molecular weight excluding hydrogens is 304 g/mol. The topological polar surface area (TPSA) is 75.3 Å². The van der Waals surface area contributed by atoms with E-state index in [0.717, 1.165) is 45.1 Å². The van der Waals surface area contributed by atoms with E-state index in [1.165, 1.54) is 6.42 Å². The van der Waals surface area contributed by atoms with Crippen LogP contribution in [-0.2, 0) is 9.59 Å². The summed E-state index contributed by atoms with van der Waals surface area (Å²) in [6.45, 7) is 0.888. The van der Waals surface area contributed by atoms with Gasteiger partial charge in [0.1, 0.15) is 0 Å². The summed E-state index contributed by atoms with van der Waals surface area (Å²) in [5, 5.41) is 5.59. The second-order valence-corrected chi connectivity index (χ2v) is 6.26. The second-order valence-electron chi connectivity index (χ2n) is 6.26. The van der Waals surface area contributed by atoms with Gasteiger partial charge in [0, 0.05) is 24.9 Å². The van der Waals surface area contributed by atoms with E-state index >= 15 is 0 Å². The van der Waals surface area contributed by atoms with E-state index in [2.05, 4.69) is 10.6 Å². The monoisotopic (exact) mass is 330 g/mol. The number of rotatable bonds is 2. The van der Waals surface area contributed by atoms with E-state index < -0.39 is 0 Å².